The van der Waals surface area contributed by atoms with E-state index in [2.05, 4.69) is 120 Å². The Labute approximate surface area is 470 Å². The average molecular weight is 1080 g/mol. The van der Waals surface area contributed by atoms with E-state index in [0.29, 0.717) is 67.1 Å². The van der Waals surface area contributed by atoms with Crippen molar-refractivity contribution in [1.82, 2.24) is 0 Å². The monoisotopic (exact) mass is 1080 g/mol. The van der Waals surface area contributed by atoms with Gasteiger partial charge in [0.25, 0.3) is 0 Å². The van der Waals surface area contributed by atoms with Crippen LogP contribution in [0.3, 0.4) is 0 Å². The highest BCUT2D eigenvalue weighted by Crippen LogP contribution is 2.42. The van der Waals surface area contributed by atoms with Crippen LogP contribution in [0.5, 0.6) is 34.5 Å². The first-order valence-electron chi connectivity index (χ1n) is 27.1. The Balaban J connectivity index is 0.000000256. The highest BCUT2D eigenvalue weighted by Gasteiger charge is 2.28. The second kappa shape index (κ2) is 26.5. The van der Waals surface area contributed by atoms with Crippen LogP contribution in [-0.2, 0) is 60.7 Å². The van der Waals surface area contributed by atoms with Gasteiger partial charge in [-0.2, -0.15) is 0 Å². The molecule has 0 aliphatic rings. The van der Waals surface area contributed by atoms with Crippen molar-refractivity contribution in [2.75, 3.05) is 23.1 Å². The molecule has 12 heteroatoms. The van der Waals surface area contributed by atoms with Gasteiger partial charge in [0.15, 0.2) is 0 Å². The highest BCUT2D eigenvalue weighted by molar-refractivity contribution is 5.92. The van der Waals surface area contributed by atoms with Gasteiger partial charge in [0, 0.05) is 36.3 Å². The molecule has 6 rings (SSSR count). The number of nitrogens with one attached hydrogen (secondary N) is 3. The van der Waals surface area contributed by atoms with Crippen LogP contribution in [0.15, 0.2) is 109 Å². The average Bonchev–Trinajstić information content (AvgIpc) is 3.45. The maximum absolute atomic E-state index is 12.4. The van der Waals surface area contributed by atoms with Crippen LogP contribution in [-0.4, -0.2) is 50.4 Å². The number of anilines is 3. The van der Waals surface area contributed by atoms with Crippen LogP contribution in [0.1, 0.15) is 173 Å². The van der Waals surface area contributed by atoms with E-state index in [4.69, 9.17) is 4.74 Å². The molecule has 0 heterocycles. The number of phenolic OH excluding ortho intramolecular Hbond substituents is 5. The lowest BCUT2D eigenvalue weighted by Gasteiger charge is -2.28. The van der Waals surface area contributed by atoms with Gasteiger partial charge in [0.05, 0.1) is 7.11 Å². The number of ether oxygens (including phenoxy) is 1. The van der Waals surface area contributed by atoms with E-state index in [1.807, 2.05) is 67.6 Å². The third kappa shape index (κ3) is 19.7. The van der Waals surface area contributed by atoms with Crippen molar-refractivity contribution >= 4 is 34.8 Å². The zero-order valence-electron chi connectivity index (χ0n) is 50.0. The summed E-state index contributed by atoms with van der Waals surface area (Å²) in [5.74, 6) is 1.95. The SMILES string of the molecule is CC(C)(C)c1cc(CCC(=O)Nc2ccc(O)cc2)cc(C(C)(C)C)c1O.COc1ccc(NC(=O)CCc2cc(C(C)(C)C)c(O)c(C(C)(C)C)c2)cc1.Cc1cc(CCC(=O)Nc2ccc(O)cc2)cc(C(C)(C)C)c1O. The first-order valence-corrected chi connectivity index (χ1v) is 27.1. The number of hydrogen-bond acceptors (Lipinski definition) is 9. The van der Waals surface area contributed by atoms with E-state index in [9.17, 15) is 39.9 Å². The van der Waals surface area contributed by atoms with Crippen molar-refractivity contribution < 1.29 is 44.7 Å². The van der Waals surface area contributed by atoms with Crippen LogP contribution in [0.4, 0.5) is 17.1 Å². The zero-order chi connectivity index (χ0) is 59.4. The molecule has 426 valence electrons. The fourth-order valence-corrected chi connectivity index (χ4v) is 8.74. The molecule has 12 nitrogen and oxygen atoms in total. The molecule has 0 saturated carbocycles. The van der Waals surface area contributed by atoms with Gasteiger partial charge in [-0.05, 0) is 176 Å². The Morgan fingerprint density at radius 1 is 0.380 bits per heavy atom. The Kier molecular flexibility index (Phi) is 21.5. The largest absolute Gasteiger partial charge is 0.508 e. The fraction of sp³-hybridized carbons (Fsp3) is 0.418. The lowest BCUT2D eigenvalue weighted by molar-refractivity contribution is -0.117. The Hall–Kier alpha value is -7.47. The minimum absolute atomic E-state index is 0.0344. The summed E-state index contributed by atoms with van der Waals surface area (Å²) in [6, 6.07) is 32.1. The second-order valence-corrected chi connectivity index (χ2v) is 25.6. The molecule has 0 fully saturated rings. The van der Waals surface area contributed by atoms with Gasteiger partial charge in [-0.25, -0.2) is 0 Å². The molecule has 79 heavy (non-hydrogen) atoms. The van der Waals surface area contributed by atoms with E-state index in [1.54, 1.807) is 43.5 Å². The smallest absolute Gasteiger partial charge is 0.224 e. The van der Waals surface area contributed by atoms with Crippen molar-refractivity contribution in [3.63, 3.8) is 0 Å². The number of aryl methyl sites for hydroxylation is 4. The molecule has 6 aromatic rings. The van der Waals surface area contributed by atoms with E-state index in [0.717, 1.165) is 61.5 Å². The highest BCUT2D eigenvalue weighted by atomic mass is 16.5. The van der Waals surface area contributed by atoms with Crippen LogP contribution >= 0.6 is 0 Å². The van der Waals surface area contributed by atoms with Gasteiger partial charge in [-0.1, -0.05) is 140 Å². The molecule has 8 N–H and O–H groups in total. The quantitative estimate of drug-likeness (QED) is 0.0519. The van der Waals surface area contributed by atoms with Crippen molar-refractivity contribution in [3.8, 4) is 34.5 Å². The summed E-state index contributed by atoms with van der Waals surface area (Å²) in [7, 11) is 1.61. The molecule has 3 amide bonds. The molecule has 0 atom stereocenters. The number of amides is 3. The second-order valence-electron chi connectivity index (χ2n) is 25.6. The summed E-state index contributed by atoms with van der Waals surface area (Å²) < 4.78 is 5.13. The molecule has 0 unspecified atom stereocenters. The van der Waals surface area contributed by atoms with Gasteiger partial charge in [0.1, 0.15) is 34.5 Å². The minimum atomic E-state index is -0.186. The van der Waals surface area contributed by atoms with Crippen LogP contribution < -0.4 is 20.7 Å². The molecular weight excluding hydrogens is 991 g/mol. The maximum atomic E-state index is 12.4. The first-order chi connectivity index (χ1) is 36.5. The van der Waals surface area contributed by atoms with E-state index < -0.39 is 0 Å². The van der Waals surface area contributed by atoms with Crippen molar-refractivity contribution in [2.24, 2.45) is 0 Å². The molecule has 0 saturated heterocycles. The number of aromatic hydroxyl groups is 5. The summed E-state index contributed by atoms with van der Waals surface area (Å²) in [6.45, 7) is 33.1. The number of carbonyl (C=O) groups excluding carboxylic acids is 3. The van der Waals surface area contributed by atoms with Gasteiger partial charge < -0.3 is 46.2 Å². The Bertz CT molecular complexity index is 2950. The molecule has 0 bridgehead atoms. The predicted molar refractivity (Wildman–Crippen MR) is 323 cm³/mol. The molecular formula is C67H89N3O9. The Morgan fingerprint density at radius 2 is 0.620 bits per heavy atom. The third-order valence-corrected chi connectivity index (χ3v) is 13.3. The number of carbonyl (C=O) groups is 3. The van der Waals surface area contributed by atoms with E-state index in [1.165, 1.54) is 12.1 Å². The zero-order valence-corrected chi connectivity index (χ0v) is 50.0. The molecule has 0 spiro atoms. The molecule has 0 aliphatic heterocycles. The van der Waals surface area contributed by atoms with Crippen molar-refractivity contribution in [2.45, 2.75) is 176 Å². The minimum Gasteiger partial charge on any atom is -0.508 e. The van der Waals surface area contributed by atoms with Crippen LogP contribution in [0.25, 0.3) is 0 Å². The topological polar surface area (TPSA) is 198 Å². The summed E-state index contributed by atoms with van der Waals surface area (Å²) in [5, 5.41) is 59.0. The van der Waals surface area contributed by atoms with Crippen LogP contribution in [0.2, 0.25) is 0 Å². The lowest BCUT2D eigenvalue weighted by atomic mass is 9.78. The molecule has 0 radical (unpaired) electrons. The number of phenols is 5. The number of hydrogen-bond donors (Lipinski definition) is 8. The van der Waals surface area contributed by atoms with Gasteiger partial charge in [-0.15, -0.1) is 0 Å². The lowest BCUT2D eigenvalue weighted by Crippen LogP contribution is -2.18. The standard InChI is InChI=1S/C24H33NO3.C23H31NO3.C20H25NO3/c1-23(2,3)19-14-16(15-20(22(19)27)24(4,5)6)8-13-21(26)25-17-9-11-18(28-7)12-10-17;1-22(2,3)18-13-15(14-19(21(18)27)23(4,5)6)7-12-20(26)24-16-8-10-17(25)11-9-16;1-13-11-14(12-17(19(13)24)20(2,3)4)5-10-18(23)21-15-6-8-16(22)9-7-15/h9-12,14-15,27H,8,13H2,1-7H3,(H,25,26);8-11,13-14,25,27H,7,12H2,1-6H3,(H,24,26);6-9,11-12,22,24H,5,10H2,1-4H3,(H,21,23). The first kappa shape index (κ1) is 64.1. The van der Waals surface area contributed by atoms with Crippen molar-refractivity contribution in [1.29, 1.82) is 0 Å². The molecule has 0 aromatic heterocycles. The van der Waals surface area contributed by atoms with Gasteiger partial charge in [0.2, 0.25) is 17.7 Å². The summed E-state index contributed by atoms with van der Waals surface area (Å²) in [4.78, 5) is 36.7. The maximum Gasteiger partial charge on any atom is 0.224 e. The van der Waals surface area contributed by atoms with Gasteiger partial charge in [-0.3, -0.25) is 14.4 Å². The van der Waals surface area contributed by atoms with Crippen molar-refractivity contribution in [3.05, 3.63) is 159 Å². The normalized spacial score (nSPS) is 11.8. The van der Waals surface area contributed by atoms with Crippen LogP contribution in [0, 0.1) is 6.92 Å². The summed E-state index contributed by atoms with van der Waals surface area (Å²) in [5.41, 5.74) is 9.74. The molecule has 0 aliphatic carbocycles. The fourth-order valence-electron chi connectivity index (χ4n) is 8.74. The summed E-state index contributed by atoms with van der Waals surface area (Å²) in [6.07, 6.45) is 2.90. The van der Waals surface area contributed by atoms with E-state index in [-0.39, 0.29) is 56.3 Å². The van der Waals surface area contributed by atoms with Gasteiger partial charge >= 0.3 is 0 Å². The summed E-state index contributed by atoms with van der Waals surface area (Å²) >= 11 is 0. The number of benzene rings is 6. The predicted octanol–water partition coefficient (Wildman–Crippen LogP) is 15.1. The Morgan fingerprint density at radius 3 is 0.873 bits per heavy atom. The third-order valence-electron chi connectivity index (χ3n) is 13.3. The van der Waals surface area contributed by atoms with E-state index >= 15 is 0 Å². The molecule has 6 aromatic carbocycles. The number of rotatable bonds is 13. The number of methoxy groups -OCH3 is 1.